The Morgan fingerprint density at radius 3 is 2.90 bits per heavy atom. The van der Waals surface area contributed by atoms with Crippen LogP contribution in [0.3, 0.4) is 0 Å². The molecule has 3 N–H and O–H groups in total. The third-order valence-electron chi connectivity index (χ3n) is 3.46. The molecule has 1 aromatic carbocycles. The molecule has 1 aromatic rings. The first-order chi connectivity index (χ1) is 10.0. The molecule has 0 aliphatic carbocycles. The summed E-state index contributed by atoms with van der Waals surface area (Å²) in [7, 11) is 0. The van der Waals surface area contributed by atoms with Gasteiger partial charge < -0.3 is 20.7 Å². The largest absolute Gasteiger partial charge is 0.493 e. The van der Waals surface area contributed by atoms with Crippen LogP contribution in [0.15, 0.2) is 18.2 Å². The maximum Gasteiger partial charge on any atom is 0.259 e. The number of anilines is 1. The highest BCUT2D eigenvalue weighted by atomic mass is 16.5. The van der Waals surface area contributed by atoms with Gasteiger partial charge in [-0.25, -0.2) is 0 Å². The fourth-order valence-electron chi connectivity index (χ4n) is 2.56. The minimum atomic E-state index is -0.149. The van der Waals surface area contributed by atoms with Crippen LogP contribution in [0.2, 0.25) is 0 Å². The number of nitrogens with one attached hydrogen (secondary N) is 1. The molecule has 0 bridgehead atoms. The molecule has 1 saturated heterocycles. The topological polar surface area (TPSA) is 84.7 Å². The summed E-state index contributed by atoms with van der Waals surface area (Å²) in [5.41, 5.74) is 6.75. The highest BCUT2D eigenvalue weighted by Crippen LogP contribution is 2.27. The zero-order valence-corrected chi connectivity index (χ0v) is 12.4. The number of carbonyl (C=O) groups excluding carboxylic acids is 2. The van der Waals surface area contributed by atoms with Gasteiger partial charge >= 0.3 is 0 Å². The summed E-state index contributed by atoms with van der Waals surface area (Å²) in [6.45, 7) is 4.91. The fraction of sp³-hybridized carbons (Fsp3) is 0.467. The van der Waals surface area contributed by atoms with Crippen molar-refractivity contribution in [3.8, 4) is 5.75 Å². The van der Waals surface area contributed by atoms with E-state index >= 15 is 0 Å². The Kier molecular flexibility index (Phi) is 4.67. The van der Waals surface area contributed by atoms with E-state index < -0.39 is 0 Å². The average molecular weight is 291 g/mol. The van der Waals surface area contributed by atoms with E-state index in [-0.39, 0.29) is 17.9 Å². The van der Waals surface area contributed by atoms with E-state index in [1.165, 1.54) is 6.92 Å². The number of amides is 2. The van der Waals surface area contributed by atoms with Gasteiger partial charge in [-0.3, -0.25) is 9.59 Å². The van der Waals surface area contributed by atoms with Crippen molar-refractivity contribution in [2.45, 2.75) is 26.3 Å². The summed E-state index contributed by atoms with van der Waals surface area (Å²) in [4.78, 5) is 25.4. The van der Waals surface area contributed by atoms with Crippen molar-refractivity contribution < 1.29 is 14.3 Å². The second-order valence-electron chi connectivity index (χ2n) is 5.09. The molecule has 0 saturated carbocycles. The SMILES string of the molecule is CCOc1cccc(N)c1C(=O)N1CCC(NC(C)=O)C1. The molecule has 6 heteroatoms. The summed E-state index contributed by atoms with van der Waals surface area (Å²) in [5.74, 6) is 0.276. The van der Waals surface area contributed by atoms with Gasteiger partial charge in [0.15, 0.2) is 0 Å². The van der Waals surface area contributed by atoms with Crippen LogP contribution in [0.4, 0.5) is 5.69 Å². The van der Waals surface area contributed by atoms with Crippen molar-refractivity contribution in [2.75, 3.05) is 25.4 Å². The van der Waals surface area contributed by atoms with Gasteiger partial charge in [-0.1, -0.05) is 6.07 Å². The third kappa shape index (κ3) is 3.45. The Morgan fingerprint density at radius 2 is 2.24 bits per heavy atom. The zero-order chi connectivity index (χ0) is 15.4. The Balaban J connectivity index is 2.16. The van der Waals surface area contributed by atoms with Crippen LogP contribution in [0, 0.1) is 0 Å². The van der Waals surface area contributed by atoms with Gasteiger partial charge in [0.25, 0.3) is 5.91 Å². The first-order valence-corrected chi connectivity index (χ1v) is 7.10. The highest BCUT2D eigenvalue weighted by Gasteiger charge is 2.29. The molecular weight excluding hydrogens is 270 g/mol. The molecule has 1 unspecified atom stereocenters. The number of nitrogen functional groups attached to an aromatic ring is 1. The lowest BCUT2D eigenvalue weighted by atomic mass is 10.1. The van der Waals surface area contributed by atoms with Crippen LogP contribution in [0.25, 0.3) is 0 Å². The van der Waals surface area contributed by atoms with E-state index in [1.807, 2.05) is 6.92 Å². The standard InChI is InChI=1S/C15H21N3O3/c1-3-21-13-6-4-5-12(16)14(13)15(20)18-8-7-11(9-18)17-10(2)19/h4-6,11H,3,7-9,16H2,1-2H3,(H,17,19). The van der Waals surface area contributed by atoms with Crippen molar-refractivity contribution in [3.05, 3.63) is 23.8 Å². The summed E-state index contributed by atoms with van der Waals surface area (Å²) >= 11 is 0. The number of carbonyl (C=O) groups is 2. The van der Waals surface area contributed by atoms with E-state index in [4.69, 9.17) is 10.5 Å². The Morgan fingerprint density at radius 1 is 1.48 bits per heavy atom. The molecule has 1 aliphatic rings. The lowest BCUT2D eigenvalue weighted by Gasteiger charge is -2.20. The van der Waals surface area contributed by atoms with Crippen molar-refractivity contribution in [2.24, 2.45) is 0 Å². The first kappa shape index (κ1) is 15.2. The summed E-state index contributed by atoms with van der Waals surface area (Å²) < 4.78 is 5.49. The number of hydrogen-bond acceptors (Lipinski definition) is 4. The molecular formula is C15H21N3O3. The molecule has 1 heterocycles. The van der Waals surface area contributed by atoms with Gasteiger partial charge in [-0.2, -0.15) is 0 Å². The number of benzene rings is 1. The first-order valence-electron chi connectivity index (χ1n) is 7.10. The van der Waals surface area contributed by atoms with Crippen LogP contribution in [0.1, 0.15) is 30.6 Å². The minimum absolute atomic E-state index is 0.00642. The maximum absolute atomic E-state index is 12.6. The average Bonchev–Trinajstić information content (AvgIpc) is 2.86. The summed E-state index contributed by atoms with van der Waals surface area (Å²) in [5, 5.41) is 2.84. The van der Waals surface area contributed by atoms with Gasteiger partial charge in [0, 0.05) is 31.7 Å². The molecule has 1 atom stereocenters. The lowest BCUT2D eigenvalue weighted by Crippen LogP contribution is -2.37. The van der Waals surface area contributed by atoms with E-state index in [1.54, 1.807) is 23.1 Å². The van der Waals surface area contributed by atoms with Crippen molar-refractivity contribution in [3.63, 3.8) is 0 Å². The highest BCUT2D eigenvalue weighted by molar-refractivity contribution is 6.02. The Labute approximate surface area is 124 Å². The van der Waals surface area contributed by atoms with Crippen LogP contribution >= 0.6 is 0 Å². The number of ether oxygens (including phenoxy) is 1. The van der Waals surface area contributed by atoms with E-state index in [0.29, 0.717) is 36.7 Å². The van der Waals surface area contributed by atoms with Crippen LogP contribution < -0.4 is 15.8 Å². The molecule has 1 fully saturated rings. The second kappa shape index (κ2) is 6.47. The third-order valence-corrected chi connectivity index (χ3v) is 3.46. The lowest BCUT2D eigenvalue weighted by molar-refractivity contribution is -0.119. The predicted molar refractivity (Wildman–Crippen MR) is 80.1 cm³/mol. The molecule has 6 nitrogen and oxygen atoms in total. The second-order valence-corrected chi connectivity index (χ2v) is 5.09. The number of hydrogen-bond donors (Lipinski definition) is 2. The minimum Gasteiger partial charge on any atom is -0.493 e. The summed E-state index contributed by atoms with van der Waals surface area (Å²) in [6, 6.07) is 5.21. The van der Waals surface area contributed by atoms with Crippen LogP contribution in [-0.4, -0.2) is 42.5 Å². The molecule has 0 spiro atoms. The van der Waals surface area contributed by atoms with Crippen molar-refractivity contribution >= 4 is 17.5 Å². The molecule has 2 amide bonds. The van der Waals surface area contributed by atoms with E-state index in [2.05, 4.69) is 5.32 Å². The van der Waals surface area contributed by atoms with E-state index in [0.717, 1.165) is 6.42 Å². The van der Waals surface area contributed by atoms with Gasteiger partial charge in [0.05, 0.1) is 6.61 Å². The number of nitrogens with zero attached hydrogens (tertiary/aromatic N) is 1. The Hall–Kier alpha value is -2.24. The monoisotopic (exact) mass is 291 g/mol. The predicted octanol–water partition coefficient (Wildman–Crippen LogP) is 1.02. The number of rotatable bonds is 4. The molecule has 0 radical (unpaired) electrons. The Bertz CT molecular complexity index is 545. The molecule has 21 heavy (non-hydrogen) atoms. The molecule has 1 aliphatic heterocycles. The van der Waals surface area contributed by atoms with Crippen LogP contribution in [-0.2, 0) is 4.79 Å². The van der Waals surface area contributed by atoms with Gasteiger partial charge in [0.1, 0.15) is 11.3 Å². The molecule has 2 rings (SSSR count). The van der Waals surface area contributed by atoms with Gasteiger partial charge in [-0.05, 0) is 25.5 Å². The normalized spacial score (nSPS) is 17.6. The number of nitrogens with two attached hydrogens (primary N) is 1. The van der Waals surface area contributed by atoms with Crippen molar-refractivity contribution in [1.82, 2.24) is 10.2 Å². The summed E-state index contributed by atoms with van der Waals surface area (Å²) in [6.07, 6.45) is 0.752. The quantitative estimate of drug-likeness (QED) is 0.811. The van der Waals surface area contributed by atoms with Crippen molar-refractivity contribution in [1.29, 1.82) is 0 Å². The van der Waals surface area contributed by atoms with Gasteiger partial charge in [-0.15, -0.1) is 0 Å². The van der Waals surface area contributed by atoms with E-state index in [9.17, 15) is 9.59 Å². The molecule has 0 aromatic heterocycles. The maximum atomic E-state index is 12.6. The fourth-order valence-corrected chi connectivity index (χ4v) is 2.56. The van der Waals surface area contributed by atoms with Gasteiger partial charge in [0.2, 0.25) is 5.91 Å². The smallest absolute Gasteiger partial charge is 0.259 e. The zero-order valence-electron chi connectivity index (χ0n) is 12.4. The number of likely N-dealkylation sites (tertiary alicyclic amines) is 1. The molecule has 114 valence electrons. The van der Waals surface area contributed by atoms with Crippen LogP contribution in [0.5, 0.6) is 5.75 Å².